The zero-order valence-electron chi connectivity index (χ0n) is 20.3. The monoisotopic (exact) mass is 492 g/mol. The number of likely N-dealkylation sites (tertiary alicyclic amines) is 1. The van der Waals surface area contributed by atoms with Gasteiger partial charge in [0, 0.05) is 35.8 Å². The van der Waals surface area contributed by atoms with Crippen molar-refractivity contribution < 1.29 is 15.0 Å². The third kappa shape index (κ3) is 6.43. The highest BCUT2D eigenvalue weighted by atomic mass is 35.5. The van der Waals surface area contributed by atoms with Crippen LogP contribution in [-0.2, 0) is 4.79 Å². The first-order chi connectivity index (χ1) is 16.8. The summed E-state index contributed by atoms with van der Waals surface area (Å²) in [5.41, 5.74) is 5.10. The van der Waals surface area contributed by atoms with E-state index in [1.807, 2.05) is 50.3 Å². The third-order valence-corrected chi connectivity index (χ3v) is 7.18. The number of aliphatic hydroxyl groups is 2. The quantitative estimate of drug-likeness (QED) is 0.441. The van der Waals surface area contributed by atoms with Gasteiger partial charge < -0.3 is 15.5 Å². The smallest absolute Gasteiger partial charge is 0.255 e. The van der Waals surface area contributed by atoms with Crippen LogP contribution in [0.3, 0.4) is 0 Å². The molecule has 0 aromatic heterocycles. The number of nitrogens with zero attached hydrogens (tertiary/aromatic N) is 1. The molecule has 5 nitrogen and oxygen atoms in total. The zero-order valence-corrected chi connectivity index (χ0v) is 21.1. The first kappa shape index (κ1) is 25.2. The number of benzene rings is 2. The van der Waals surface area contributed by atoms with Gasteiger partial charge in [-0.1, -0.05) is 47.5 Å². The Kier molecular flexibility index (Phi) is 8.11. The topological polar surface area (TPSA) is 72.8 Å². The van der Waals surface area contributed by atoms with Gasteiger partial charge in [-0.2, -0.15) is 0 Å². The number of hydrogen-bond acceptors (Lipinski definition) is 4. The SMILES string of the molecule is C/C1=C/C=C(C(=O)Nc2cc(C(O)N3CCC(c4ccc(Cl)cc4)CC3)ccc2C)\C=C(\O)CC1. The fraction of sp³-hybridized carbons (Fsp3) is 0.345. The largest absolute Gasteiger partial charge is 0.512 e. The highest BCUT2D eigenvalue weighted by Gasteiger charge is 2.26. The van der Waals surface area contributed by atoms with Crippen LogP contribution in [-0.4, -0.2) is 34.1 Å². The van der Waals surface area contributed by atoms with E-state index >= 15 is 0 Å². The lowest BCUT2D eigenvalue weighted by molar-refractivity contribution is -0.112. The summed E-state index contributed by atoms with van der Waals surface area (Å²) in [7, 11) is 0. The minimum atomic E-state index is -0.743. The van der Waals surface area contributed by atoms with Gasteiger partial charge in [-0.25, -0.2) is 0 Å². The number of carbonyl (C=O) groups excluding carboxylic acids is 1. The summed E-state index contributed by atoms with van der Waals surface area (Å²) in [6.07, 6.45) is 7.64. The summed E-state index contributed by atoms with van der Waals surface area (Å²) in [4.78, 5) is 15.0. The Bertz CT molecular complexity index is 1160. The molecule has 1 heterocycles. The average molecular weight is 493 g/mol. The number of amides is 1. The summed E-state index contributed by atoms with van der Waals surface area (Å²) >= 11 is 6.02. The fourth-order valence-corrected chi connectivity index (χ4v) is 4.76. The molecular weight excluding hydrogens is 460 g/mol. The van der Waals surface area contributed by atoms with Gasteiger partial charge in [-0.15, -0.1) is 0 Å². The van der Waals surface area contributed by atoms with Crippen LogP contribution in [0.2, 0.25) is 5.02 Å². The van der Waals surface area contributed by atoms with E-state index in [0.717, 1.165) is 54.1 Å². The standard InChI is InChI=1S/C29H33ClN2O3/c1-19-3-6-23(17-26(33)12-4-19)28(34)31-27-18-24(7-5-20(27)2)29(35)32-15-13-22(14-16-32)21-8-10-25(30)11-9-21/h3,5-11,17-18,22,29,33,35H,4,12-16H2,1-2H3,(H,31,34)/b19-3-,23-6+,26-17+. The van der Waals surface area contributed by atoms with Gasteiger partial charge in [0.1, 0.15) is 6.23 Å². The summed E-state index contributed by atoms with van der Waals surface area (Å²) in [6.45, 7) is 5.48. The van der Waals surface area contributed by atoms with Crippen LogP contribution >= 0.6 is 11.6 Å². The maximum absolute atomic E-state index is 13.0. The number of aliphatic hydroxyl groups excluding tert-OH is 2. The molecule has 0 spiro atoms. The van der Waals surface area contributed by atoms with Gasteiger partial charge in [-0.05, 0) is 86.1 Å². The first-order valence-electron chi connectivity index (χ1n) is 12.2. The van der Waals surface area contributed by atoms with Gasteiger partial charge in [0.25, 0.3) is 5.91 Å². The molecule has 0 bridgehead atoms. The molecule has 0 radical (unpaired) electrons. The van der Waals surface area contributed by atoms with Crippen LogP contribution in [0.15, 0.2) is 77.6 Å². The number of rotatable bonds is 5. The molecule has 1 fully saturated rings. The second-order valence-corrected chi connectivity index (χ2v) is 9.97. The molecule has 2 aromatic rings. The lowest BCUT2D eigenvalue weighted by atomic mass is 9.89. The maximum atomic E-state index is 13.0. The Morgan fingerprint density at radius 2 is 1.77 bits per heavy atom. The van der Waals surface area contributed by atoms with Crippen LogP contribution in [0.25, 0.3) is 0 Å². The van der Waals surface area contributed by atoms with Crippen molar-refractivity contribution in [2.45, 2.75) is 51.7 Å². The molecule has 6 heteroatoms. The van der Waals surface area contributed by atoms with Gasteiger partial charge >= 0.3 is 0 Å². The number of halogens is 1. The maximum Gasteiger partial charge on any atom is 0.255 e. The van der Waals surface area contributed by atoms with Crippen molar-refractivity contribution in [3.8, 4) is 0 Å². The molecular formula is C29H33ClN2O3. The Labute approximate surface area is 212 Å². The van der Waals surface area contributed by atoms with Crippen molar-refractivity contribution in [1.29, 1.82) is 0 Å². The van der Waals surface area contributed by atoms with Gasteiger partial charge in [0.05, 0.1) is 5.76 Å². The number of nitrogens with one attached hydrogen (secondary N) is 1. The van der Waals surface area contributed by atoms with E-state index in [4.69, 9.17) is 11.6 Å². The molecule has 1 aliphatic heterocycles. The number of hydrogen-bond donors (Lipinski definition) is 3. The normalized spacial score (nSPS) is 23.0. The van der Waals surface area contributed by atoms with Crippen molar-refractivity contribution in [1.82, 2.24) is 4.90 Å². The molecule has 1 amide bonds. The summed E-state index contributed by atoms with van der Waals surface area (Å²) in [6, 6.07) is 13.7. The predicted molar refractivity (Wildman–Crippen MR) is 142 cm³/mol. The van der Waals surface area contributed by atoms with Crippen molar-refractivity contribution in [3.63, 3.8) is 0 Å². The van der Waals surface area contributed by atoms with E-state index in [0.29, 0.717) is 23.6 Å². The molecule has 0 saturated carbocycles. The molecule has 35 heavy (non-hydrogen) atoms. The molecule has 2 aromatic carbocycles. The first-order valence-corrected chi connectivity index (χ1v) is 12.5. The molecule has 3 N–H and O–H groups in total. The number of anilines is 1. The van der Waals surface area contributed by atoms with Gasteiger partial charge in [0.2, 0.25) is 0 Å². The van der Waals surface area contributed by atoms with Gasteiger partial charge in [-0.3, -0.25) is 9.69 Å². The van der Waals surface area contributed by atoms with E-state index in [-0.39, 0.29) is 11.7 Å². The summed E-state index contributed by atoms with van der Waals surface area (Å²) in [5.74, 6) is 0.366. The molecule has 2 aliphatic rings. The highest BCUT2D eigenvalue weighted by molar-refractivity contribution is 6.30. The number of aryl methyl sites for hydroxylation is 1. The fourth-order valence-electron chi connectivity index (χ4n) is 4.63. The summed E-state index contributed by atoms with van der Waals surface area (Å²) < 4.78 is 0. The van der Waals surface area contributed by atoms with E-state index in [9.17, 15) is 15.0 Å². The lowest BCUT2D eigenvalue weighted by Gasteiger charge is -2.35. The molecule has 1 aliphatic carbocycles. The minimum absolute atomic E-state index is 0.196. The van der Waals surface area contributed by atoms with E-state index in [1.165, 1.54) is 11.6 Å². The molecule has 4 rings (SSSR count). The van der Waals surface area contributed by atoms with Crippen LogP contribution in [0, 0.1) is 6.92 Å². The lowest BCUT2D eigenvalue weighted by Crippen LogP contribution is -2.36. The van der Waals surface area contributed by atoms with Crippen LogP contribution < -0.4 is 5.32 Å². The second-order valence-electron chi connectivity index (χ2n) is 9.53. The molecule has 1 saturated heterocycles. The number of carbonyl (C=O) groups is 1. The predicted octanol–water partition coefficient (Wildman–Crippen LogP) is 6.57. The third-order valence-electron chi connectivity index (χ3n) is 6.93. The van der Waals surface area contributed by atoms with Crippen LogP contribution in [0.5, 0.6) is 0 Å². The minimum Gasteiger partial charge on any atom is -0.512 e. The zero-order chi connectivity index (χ0) is 24.9. The van der Waals surface area contributed by atoms with Gasteiger partial charge in [0.15, 0.2) is 0 Å². The van der Waals surface area contributed by atoms with Crippen molar-refractivity contribution in [3.05, 3.63) is 99.3 Å². The summed E-state index contributed by atoms with van der Waals surface area (Å²) in [5, 5.41) is 24.9. The van der Waals surface area contributed by atoms with E-state index in [1.54, 1.807) is 6.08 Å². The number of allylic oxidation sites excluding steroid dienone is 4. The van der Waals surface area contributed by atoms with E-state index < -0.39 is 6.23 Å². The van der Waals surface area contributed by atoms with Crippen molar-refractivity contribution in [2.24, 2.45) is 0 Å². The molecule has 1 unspecified atom stereocenters. The Morgan fingerprint density at radius 3 is 2.49 bits per heavy atom. The van der Waals surface area contributed by atoms with Crippen molar-refractivity contribution >= 4 is 23.2 Å². The van der Waals surface area contributed by atoms with Crippen LogP contribution in [0.1, 0.15) is 61.4 Å². The van der Waals surface area contributed by atoms with E-state index in [2.05, 4.69) is 22.3 Å². The Balaban J connectivity index is 1.44. The van der Waals surface area contributed by atoms with Crippen molar-refractivity contribution in [2.75, 3.05) is 18.4 Å². The Morgan fingerprint density at radius 1 is 1.06 bits per heavy atom. The number of piperidine rings is 1. The molecule has 184 valence electrons. The second kappa shape index (κ2) is 11.3. The van der Waals surface area contributed by atoms with Crippen LogP contribution in [0.4, 0.5) is 5.69 Å². The average Bonchev–Trinajstić information content (AvgIpc) is 2.85. The molecule has 1 atom stereocenters. The Hall–Kier alpha value is -2.86. The highest BCUT2D eigenvalue weighted by Crippen LogP contribution is 2.33.